The summed E-state index contributed by atoms with van der Waals surface area (Å²) in [7, 11) is 0. The number of carboxylic acid groups (broad SMARTS) is 2. The maximum atomic E-state index is 12.3. The minimum absolute atomic E-state index is 0.0208. The fourth-order valence-corrected chi connectivity index (χ4v) is 14.4. The second-order valence-corrected chi connectivity index (χ2v) is 38.1. The molecule has 0 saturated heterocycles. The van der Waals surface area contributed by atoms with Crippen molar-refractivity contribution in [1.82, 2.24) is 0 Å². The molecule has 2 N–H and O–H groups in total. The number of aliphatic carboxylic acids is 1. The van der Waals surface area contributed by atoms with Crippen LogP contribution in [0.1, 0.15) is 441 Å². The molecule has 7 saturated carbocycles. The molecule has 7 aliphatic carbocycles. The molecule has 0 spiro atoms. The predicted octanol–water partition coefficient (Wildman–Crippen LogP) is 27.8. The van der Waals surface area contributed by atoms with E-state index in [4.69, 9.17) is 45.0 Å². The van der Waals surface area contributed by atoms with E-state index >= 15 is 0 Å². The van der Waals surface area contributed by atoms with Crippen molar-refractivity contribution in [3.8, 4) is 18.2 Å². The largest absolute Gasteiger partial charge is 0.483 e. The smallest absolute Gasteiger partial charge is 0.312 e. The van der Waals surface area contributed by atoms with E-state index in [0.717, 1.165) is 134 Å². The summed E-state index contributed by atoms with van der Waals surface area (Å²) in [5.74, 6) is 0.160. The number of nitriles is 3. The molecular weight excluding hydrogens is 1510 g/mol. The minimum atomic E-state index is -0.570. The van der Waals surface area contributed by atoms with Gasteiger partial charge in [-0.3, -0.25) is 24.0 Å². The van der Waals surface area contributed by atoms with Crippen LogP contribution in [0.15, 0.2) is 0 Å². The quantitative estimate of drug-likeness (QED) is 0.0190. The topological polar surface area (TPSA) is 225 Å². The second-order valence-electron chi connectivity index (χ2n) is 35.7. The number of carbonyl (C=O) groups excluding carboxylic acids is 3. The molecule has 7 fully saturated rings. The summed E-state index contributed by atoms with van der Waals surface area (Å²) < 4.78 is 16.3. The van der Waals surface area contributed by atoms with Gasteiger partial charge in [0.05, 0.1) is 51.2 Å². The molecule has 105 heavy (non-hydrogen) atoms. The molecule has 7 aliphatic rings. The lowest BCUT2D eigenvalue weighted by Gasteiger charge is -2.23. The molecule has 0 aromatic carbocycles. The number of rotatable bonds is 53. The Balaban J connectivity index is 0.000000656. The Morgan fingerprint density at radius 3 is 0.743 bits per heavy atom. The van der Waals surface area contributed by atoms with Crippen LogP contribution < -0.4 is 0 Å². The zero-order valence-electron chi connectivity index (χ0n) is 68.7. The van der Waals surface area contributed by atoms with Crippen LogP contribution in [0.5, 0.6) is 0 Å². The number of ether oxygens (including phenoxy) is 3. The predicted molar refractivity (Wildman–Crippen MR) is 444 cm³/mol. The maximum absolute atomic E-state index is 12.3. The van der Waals surface area contributed by atoms with Crippen LogP contribution in [0.2, 0.25) is 0 Å². The molecule has 0 aromatic heterocycles. The van der Waals surface area contributed by atoms with E-state index in [9.17, 15) is 19.2 Å². The number of hydrogen-bond donors (Lipinski definition) is 2. The van der Waals surface area contributed by atoms with Crippen molar-refractivity contribution >= 4 is 78.1 Å². The van der Waals surface area contributed by atoms with E-state index in [-0.39, 0.29) is 74.2 Å². The van der Waals surface area contributed by atoms with Gasteiger partial charge < -0.3 is 24.4 Å². The second kappa shape index (κ2) is 58.2. The SMILES string of the molecule is BrCCCCCCCCCCCCBr.CC(C)(C)OC(=O)C1(CCCCCCCCCCCCBr)CC1.CC(C)(C)OC(=O)C1(CCCCCCCCCCCCC2(C#N)CC2)CC1.CC(C)(C)OC(=O)C1CC1.N#CC1(CCCCCCCCCCCCC2(C(=O)O)CC2)CC1.N#CC1CC1.O=CO. The number of halogens is 3. The third kappa shape index (κ3) is 57.0. The van der Waals surface area contributed by atoms with Gasteiger partial charge >= 0.3 is 23.9 Å². The van der Waals surface area contributed by atoms with E-state index < -0.39 is 5.97 Å². The van der Waals surface area contributed by atoms with Crippen molar-refractivity contribution in [2.24, 2.45) is 38.9 Å². The first-order valence-electron chi connectivity index (χ1n) is 43.0. The normalized spacial score (nSPS) is 17.3. The summed E-state index contributed by atoms with van der Waals surface area (Å²) in [4.78, 5) is 54.9. The van der Waals surface area contributed by atoms with Gasteiger partial charge in [-0.15, -0.1) is 0 Å². The molecule has 0 aromatic rings. The summed E-state index contributed by atoms with van der Waals surface area (Å²) >= 11 is 10.4. The Kier molecular flexibility index (Phi) is 55.6. The highest BCUT2D eigenvalue weighted by Gasteiger charge is 2.53. The van der Waals surface area contributed by atoms with Gasteiger partial charge in [-0.1, -0.05) is 285 Å². The van der Waals surface area contributed by atoms with Crippen LogP contribution in [-0.2, 0) is 38.2 Å². The molecule has 0 unspecified atom stereocenters. The van der Waals surface area contributed by atoms with Gasteiger partial charge in [0, 0.05) is 21.9 Å². The van der Waals surface area contributed by atoms with Gasteiger partial charge in [-0.25, -0.2) is 0 Å². The van der Waals surface area contributed by atoms with E-state index in [2.05, 4.69) is 66.0 Å². The number of alkyl halides is 3. The summed E-state index contributed by atoms with van der Waals surface area (Å²) in [5, 5.41) is 45.5. The average Bonchev–Trinajstić information content (AvgIpc) is 1.66. The van der Waals surface area contributed by atoms with Crippen LogP contribution >= 0.6 is 47.8 Å². The molecular formula is C89H156Br3N3O10. The zero-order chi connectivity index (χ0) is 78.3. The molecule has 7 rings (SSSR count). The van der Waals surface area contributed by atoms with E-state index in [1.54, 1.807) is 0 Å². The molecule has 0 atom stereocenters. The van der Waals surface area contributed by atoms with Crippen molar-refractivity contribution in [3.63, 3.8) is 0 Å². The number of carboxylic acids is 1. The lowest BCUT2D eigenvalue weighted by molar-refractivity contribution is -0.163. The monoisotopic (exact) mass is 1660 g/mol. The zero-order valence-corrected chi connectivity index (χ0v) is 73.5. The summed E-state index contributed by atoms with van der Waals surface area (Å²) in [6.45, 7) is 17.2. The van der Waals surface area contributed by atoms with Crippen molar-refractivity contribution in [2.75, 3.05) is 16.0 Å². The van der Waals surface area contributed by atoms with E-state index in [1.807, 2.05) is 62.3 Å². The van der Waals surface area contributed by atoms with Crippen molar-refractivity contribution in [1.29, 1.82) is 15.8 Å². The number of unbranched alkanes of at least 4 members (excludes halogenated alkanes) is 36. The Labute approximate surface area is 668 Å². The Morgan fingerprint density at radius 2 is 0.581 bits per heavy atom. The third-order valence-corrected chi connectivity index (χ3v) is 23.3. The standard InChI is InChI=1S/C24H41NO2.C20H37BrO2.C20H33NO2.C12H24Br2.C8H14O2.C4H5N.CH2O2/c1-22(2,3)27-21(26)24(18-19-24)15-13-11-9-7-5-4-6-8-10-12-14-23(20-25)16-17-23;1-19(2,3)23-18(22)20(15-16-20)14-12-10-8-6-4-5-7-9-11-13-17-21;21-17-19(13-14-19)11-9-7-5-3-1-2-4-6-8-10-12-20(15-16-20)18(22)23;13-11-9-7-5-3-1-2-4-6-8-10-12-14;1-8(2,3)10-7(9)6-4-5-6;5-3-4-1-2-4;2-1-3/h4-19H2,1-3H3;4-17H2,1-3H3;1-16H2,(H,22,23);1-12H2;6H,4-5H2,1-3H3;4H,1-2H2;1H,(H,2,3). The van der Waals surface area contributed by atoms with Crippen molar-refractivity contribution < 1.29 is 48.4 Å². The van der Waals surface area contributed by atoms with Crippen LogP contribution in [0.4, 0.5) is 0 Å². The minimum Gasteiger partial charge on any atom is -0.483 e. The van der Waals surface area contributed by atoms with Gasteiger partial charge in [0.25, 0.3) is 6.47 Å². The molecule has 0 heterocycles. The molecule has 0 amide bonds. The third-order valence-electron chi connectivity index (χ3n) is 21.6. The van der Waals surface area contributed by atoms with Gasteiger partial charge in [-0.2, -0.15) is 15.8 Å². The van der Waals surface area contributed by atoms with Gasteiger partial charge in [0.15, 0.2) is 0 Å². The maximum Gasteiger partial charge on any atom is 0.312 e. The molecule has 0 aliphatic heterocycles. The molecule has 0 bridgehead atoms. The lowest BCUT2D eigenvalue weighted by Crippen LogP contribution is -2.29. The van der Waals surface area contributed by atoms with Gasteiger partial charge in [-0.05, 0) is 204 Å². The Hall–Kier alpha value is -2.74. The number of nitrogens with zero attached hydrogens (tertiary/aromatic N) is 3. The summed E-state index contributed by atoms with van der Waals surface area (Å²) in [6, 6.07) is 7.10. The Bertz CT molecular complexity index is 2370. The molecule has 13 nitrogen and oxygen atoms in total. The molecule has 0 radical (unpaired) electrons. The van der Waals surface area contributed by atoms with Crippen LogP contribution in [-0.4, -0.2) is 73.4 Å². The van der Waals surface area contributed by atoms with Crippen LogP contribution in [0.3, 0.4) is 0 Å². The highest BCUT2D eigenvalue weighted by Crippen LogP contribution is 2.54. The van der Waals surface area contributed by atoms with Crippen LogP contribution in [0.25, 0.3) is 0 Å². The highest BCUT2D eigenvalue weighted by atomic mass is 79.9. The first kappa shape index (κ1) is 100. The molecule has 608 valence electrons. The Morgan fingerprint density at radius 1 is 0.362 bits per heavy atom. The molecule has 16 heteroatoms. The van der Waals surface area contributed by atoms with Gasteiger partial charge in [0.1, 0.15) is 16.8 Å². The van der Waals surface area contributed by atoms with Crippen molar-refractivity contribution in [2.45, 2.75) is 458 Å². The fraction of sp³-hybridized carbons (Fsp3) is 0.910. The first-order chi connectivity index (χ1) is 50.1. The summed E-state index contributed by atoms with van der Waals surface area (Å²) in [5.41, 5.74) is -1.37. The number of esters is 3. The first-order valence-corrected chi connectivity index (χ1v) is 46.4. The van der Waals surface area contributed by atoms with Crippen LogP contribution in [0, 0.1) is 72.9 Å². The van der Waals surface area contributed by atoms with Crippen molar-refractivity contribution in [3.05, 3.63) is 0 Å². The average molecular weight is 1670 g/mol. The van der Waals surface area contributed by atoms with E-state index in [1.165, 1.54) is 261 Å². The number of carbonyl (C=O) groups is 5. The highest BCUT2D eigenvalue weighted by molar-refractivity contribution is 9.09. The summed E-state index contributed by atoms with van der Waals surface area (Å²) in [6.07, 6.45) is 73.3. The fourth-order valence-electron chi connectivity index (χ4n) is 13.2. The van der Waals surface area contributed by atoms with E-state index in [0.29, 0.717) is 5.92 Å². The number of hydrogen-bond acceptors (Lipinski definition) is 11. The van der Waals surface area contributed by atoms with Gasteiger partial charge in [0.2, 0.25) is 0 Å². The lowest BCUT2D eigenvalue weighted by atomic mass is 9.97.